The topological polar surface area (TPSA) is 93.1 Å². The van der Waals surface area contributed by atoms with Crippen molar-refractivity contribution >= 4 is 11.9 Å². The van der Waals surface area contributed by atoms with Crippen molar-refractivity contribution in [1.29, 1.82) is 0 Å². The molecule has 0 saturated heterocycles. The van der Waals surface area contributed by atoms with Crippen LogP contribution in [0.5, 0.6) is 23.0 Å². The van der Waals surface area contributed by atoms with Gasteiger partial charge in [0.05, 0.1) is 0 Å². The number of carbonyl (C=O) groups excluding carboxylic acids is 2. The highest BCUT2D eigenvalue weighted by molar-refractivity contribution is 5.97. The number of carbonyl (C=O) groups is 2. The molecule has 6 heteroatoms. The lowest BCUT2D eigenvalue weighted by molar-refractivity contribution is -0.132. The molecule has 2 N–H and O–H groups in total. The van der Waals surface area contributed by atoms with Crippen LogP contribution >= 0.6 is 0 Å². The summed E-state index contributed by atoms with van der Waals surface area (Å²) in [7, 11) is 0. The first-order chi connectivity index (χ1) is 11.0. The van der Waals surface area contributed by atoms with Gasteiger partial charge in [0.15, 0.2) is 23.0 Å². The van der Waals surface area contributed by atoms with Gasteiger partial charge in [-0.15, -0.1) is 0 Å². The Kier molecular flexibility index (Phi) is 4.99. The summed E-state index contributed by atoms with van der Waals surface area (Å²) in [4.78, 5) is 23.6. The first-order valence-electron chi connectivity index (χ1n) is 6.65. The van der Waals surface area contributed by atoms with E-state index in [0.717, 1.165) is 6.08 Å². The molecule has 2 rings (SSSR count). The molecule has 6 nitrogen and oxygen atoms in total. The van der Waals surface area contributed by atoms with E-state index in [-0.39, 0.29) is 28.6 Å². The molecule has 0 saturated carbocycles. The Morgan fingerprint density at radius 1 is 0.870 bits per heavy atom. The maximum atomic E-state index is 11.9. The van der Waals surface area contributed by atoms with Gasteiger partial charge in [-0.05, 0) is 31.2 Å². The van der Waals surface area contributed by atoms with Crippen LogP contribution in [-0.2, 0) is 9.59 Å². The largest absolute Gasteiger partial charge is 0.504 e. The smallest absolute Gasteiger partial charge is 0.339 e. The highest BCUT2D eigenvalue weighted by Crippen LogP contribution is 2.26. The van der Waals surface area contributed by atoms with Gasteiger partial charge in [-0.1, -0.05) is 24.3 Å². The van der Waals surface area contributed by atoms with Gasteiger partial charge in [-0.25, -0.2) is 9.59 Å². The van der Waals surface area contributed by atoms with Crippen LogP contribution in [0.15, 0.2) is 60.2 Å². The molecule has 118 valence electrons. The van der Waals surface area contributed by atoms with E-state index in [9.17, 15) is 19.8 Å². The Balaban J connectivity index is 2.04. The normalized spacial score (nSPS) is 10.9. The van der Waals surface area contributed by atoms with Crippen LogP contribution < -0.4 is 9.47 Å². The van der Waals surface area contributed by atoms with Gasteiger partial charge in [-0.2, -0.15) is 0 Å². The third kappa shape index (κ3) is 4.34. The summed E-state index contributed by atoms with van der Waals surface area (Å²) >= 11 is 0. The number of rotatable bonds is 4. The van der Waals surface area contributed by atoms with Crippen molar-refractivity contribution in [1.82, 2.24) is 0 Å². The Bertz CT molecular complexity index is 763. The molecular formula is C17H14O6. The van der Waals surface area contributed by atoms with Crippen LogP contribution in [0.4, 0.5) is 0 Å². The number of phenols is 2. The van der Waals surface area contributed by atoms with Crippen LogP contribution in [0.3, 0.4) is 0 Å². The highest BCUT2D eigenvalue weighted by atomic mass is 16.5. The van der Waals surface area contributed by atoms with Gasteiger partial charge in [0.1, 0.15) is 0 Å². The second-order valence-corrected chi connectivity index (χ2v) is 4.57. The lowest BCUT2D eigenvalue weighted by atomic mass is 10.2. The maximum Gasteiger partial charge on any atom is 0.339 e. The number of hydrogen-bond donors (Lipinski definition) is 2. The standard InChI is InChI=1S/C17H14O6/c1-11(17(21)23-15-9-5-3-7-13(15)19)10-16(20)22-14-8-4-2-6-12(14)18/h2-10,18-19H,1H3/b11-10-. The van der Waals surface area contributed by atoms with E-state index in [1.807, 2.05) is 0 Å². The molecule has 0 heterocycles. The summed E-state index contributed by atoms with van der Waals surface area (Å²) in [5, 5.41) is 19.0. The van der Waals surface area contributed by atoms with Crippen LogP contribution in [0.25, 0.3) is 0 Å². The third-order valence-corrected chi connectivity index (χ3v) is 2.80. The average molecular weight is 314 g/mol. The van der Waals surface area contributed by atoms with E-state index >= 15 is 0 Å². The van der Waals surface area contributed by atoms with E-state index in [1.54, 1.807) is 24.3 Å². The molecule has 0 amide bonds. The molecule has 0 aliphatic carbocycles. The zero-order valence-electron chi connectivity index (χ0n) is 12.2. The molecule has 0 bridgehead atoms. The fourth-order valence-electron chi connectivity index (χ4n) is 1.64. The molecule has 0 radical (unpaired) electrons. The van der Waals surface area contributed by atoms with E-state index in [4.69, 9.17) is 9.47 Å². The monoisotopic (exact) mass is 314 g/mol. The summed E-state index contributed by atoms with van der Waals surface area (Å²) in [6.45, 7) is 1.37. The fourth-order valence-corrected chi connectivity index (χ4v) is 1.64. The summed E-state index contributed by atoms with van der Waals surface area (Å²) in [5.41, 5.74) is -0.0197. The van der Waals surface area contributed by atoms with Crippen LogP contribution in [0.1, 0.15) is 6.92 Å². The summed E-state index contributed by atoms with van der Waals surface area (Å²) in [6.07, 6.45) is 0.939. The van der Waals surface area contributed by atoms with E-state index in [1.165, 1.54) is 31.2 Å². The minimum absolute atomic E-state index is 0.0145. The van der Waals surface area contributed by atoms with E-state index in [0.29, 0.717) is 0 Å². The van der Waals surface area contributed by atoms with E-state index < -0.39 is 11.9 Å². The number of hydrogen-bond acceptors (Lipinski definition) is 6. The van der Waals surface area contributed by atoms with Crippen molar-refractivity contribution in [3.8, 4) is 23.0 Å². The minimum Gasteiger partial charge on any atom is -0.504 e. The van der Waals surface area contributed by atoms with Gasteiger partial charge >= 0.3 is 11.9 Å². The number of benzene rings is 2. The van der Waals surface area contributed by atoms with Crippen molar-refractivity contribution in [3.63, 3.8) is 0 Å². The molecule has 23 heavy (non-hydrogen) atoms. The number of ether oxygens (including phenoxy) is 2. The van der Waals surface area contributed by atoms with Crippen LogP contribution in [0.2, 0.25) is 0 Å². The summed E-state index contributed by atoms with van der Waals surface area (Å²) in [6, 6.07) is 11.9. The maximum absolute atomic E-state index is 11.9. The molecule has 0 aromatic heterocycles. The average Bonchev–Trinajstić information content (AvgIpc) is 2.51. The Morgan fingerprint density at radius 3 is 1.87 bits per heavy atom. The Hall–Kier alpha value is -3.28. The Morgan fingerprint density at radius 2 is 1.35 bits per heavy atom. The molecule has 0 atom stereocenters. The van der Waals surface area contributed by atoms with Gasteiger partial charge in [-0.3, -0.25) is 0 Å². The van der Waals surface area contributed by atoms with Crippen molar-refractivity contribution < 1.29 is 29.3 Å². The lowest BCUT2D eigenvalue weighted by Crippen LogP contribution is -2.13. The molecule has 0 unspecified atom stereocenters. The molecule has 0 aliphatic heterocycles. The molecular weight excluding hydrogens is 300 g/mol. The van der Waals surface area contributed by atoms with Crippen molar-refractivity contribution in [2.24, 2.45) is 0 Å². The minimum atomic E-state index is -0.835. The Labute approximate surface area is 132 Å². The highest BCUT2D eigenvalue weighted by Gasteiger charge is 2.13. The van der Waals surface area contributed by atoms with Gasteiger partial charge in [0, 0.05) is 11.6 Å². The fraction of sp³-hybridized carbons (Fsp3) is 0.0588. The number of phenolic OH excluding ortho intramolecular Hbond substituents is 2. The van der Waals surface area contributed by atoms with Gasteiger partial charge < -0.3 is 19.7 Å². The molecule has 0 spiro atoms. The lowest BCUT2D eigenvalue weighted by Gasteiger charge is -2.06. The molecule has 0 fully saturated rings. The number of aromatic hydroxyl groups is 2. The van der Waals surface area contributed by atoms with Crippen molar-refractivity contribution in [2.75, 3.05) is 0 Å². The predicted octanol–water partition coefficient (Wildman–Crippen LogP) is 2.56. The first kappa shape index (κ1) is 16.1. The quantitative estimate of drug-likeness (QED) is 0.512. The predicted molar refractivity (Wildman–Crippen MR) is 81.2 cm³/mol. The second kappa shape index (κ2) is 7.13. The third-order valence-electron chi connectivity index (χ3n) is 2.80. The SMILES string of the molecule is C/C(=C/C(=O)Oc1ccccc1O)C(=O)Oc1ccccc1O. The summed E-state index contributed by atoms with van der Waals surface area (Å²) in [5.74, 6) is -2.05. The number of para-hydroxylation sites is 4. The molecule has 0 aliphatic rings. The molecule has 2 aromatic rings. The first-order valence-corrected chi connectivity index (χ1v) is 6.65. The zero-order chi connectivity index (χ0) is 16.8. The molecule has 2 aromatic carbocycles. The van der Waals surface area contributed by atoms with E-state index in [2.05, 4.69) is 0 Å². The number of esters is 2. The van der Waals surface area contributed by atoms with Gasteiger partial charge in [0.2, 0.25) is 0 Å². The van der Waals surface area contributed by atoms with Crippen LogP contribution in [0, 0.1) is 0 Å². The second-order valence-electron chi connectivity index (χ2n) is 4.57. The van der Waals surface area contributed by atoms with Crippen molar-refractivity contribution in [2.45, 2.75) is 6.92 Å². The van der Waals surface area contributed by atoms with Crippen molar-refractivity contribution in [3.05, 3.63) is 60.2 Å². The van der Waals surface area contributed by atoms with Gasteiger partial charge in [0.25, 0.3) is 0 Å². The van der Waals surface area contributed by atoms with Crippen LogP contribution in [-0.4, -0.2) is 22.2 Å². The summed E-state index contributed by atoms with van der Waals surface area (Å²) < 4.78 is 9.88. The zero-order valence-corrected chi connectivity index (χ0v) is 12.2.